The second-order valence-corrected chi connectivity index (χ2v) is 5.50. The highest BCUT2D eigenvalue weighted by molar-refractivity contribution is 6.05. The SMILES string of the molecule is COc1cccc([C@@H]2[C@H](N)C(=O)N2c2cccc(C(F)(F)F)c2)c1. The van der Waals surface area contributed by atoms with Crippen LogP contribution in [-0.4, -0.2) is 19.1 Å². The van der Waals surface area contributed by atoms with Gasteiger partial charge in [0.25, 0.3) is 0 Å². The molecule has 3 rings (SSSR count). The summed E-state index contributed by atoms with van der Waals surface area (Å²) in [7, 11) is 1.51. The zero-order valence-electron chi connectivity index (χ0n) is 12.7. The molecule has 0 aliphatic carbocycles. The van der Waals surface area contributed by atoms with Crippen molar-refractivity contribution in [2.24, 2.45) is 5.73 Å². The molecule has 1 saturated heterocycles. The van der Waals surface area contributed by atoms with Crippen molar-refractivity contribution in [3.63, 3.8) is 0 Å². The van der Waals surface area contributed by atoms with Crippen LogP contribution in [0.2, 0.25) is 0 Å². The molecule has 0 unspecified atom stereocenters. The van der Waals surface area contributed by atoms with Crippen molar-refractivity contribution in [1.29, 1.82) is 0 Å². The molecular formula is C17H15F3N2O2. The van der Waals surface area contributed by atoms with Gasteiger partial charge in [-0.25, -0.2) is 0 Å². The van der Waals surface area contributed by atoms with Gasteiger partial charge in [-0.15, -0.1) is 0 Å². The van der Waals surface area contributed by atoms with Gasteiger partial charge in [0.05, 0.1) is 18.7 Å². The Labute approximate surface area is 136 Å². The zero-order chi connectivity index (χ0) is 17.5. The summed E-state index contributed by atoms with van der Waals surface area (Å²) < 4.78 is 43.9. The first-order chi connectivity index (χ1) is 11.3. The molecule has 4 nitrogen and oxygen atoms in total. The number of hydrogen-bond acceptors (Lipinski definition) is 3. The third kappa shape index (κ3) is 2.71. The number of nitrogens with zero attached hydrogens (tertiary/aromatic N) is 1. The summed E-state index contributed by atoms with van der Waals surface area (Å²) >= 11 is 0. The minimum absolute atomic E-state index is 0.171. The molecule has 7 heteroatoms. The molecule has 2 N–H and O–H groups in total. The smallest absolute Gasteiger partial charge is 0.416 e. The fraction of sp³-hybridized carbons (Fsp3) is 0.235. The first-order valence-electron chi connectivity index (χ1n) is 7.23. The highest BCUT2D eigenvalue weighted by Crippen LogP contribution is 2.40. The van der Waals surface area contributed by atoms with Gasteiger partial charge in [0.15, 0.2) is 0 Å². The number of halogens is 3. The highest BCUT2D eigenvalue weighted by Gasteiger charge is 2.47. The van der Waals surface area contributed by atoms with Crippen LogP contribution in [0.1, 0.15) is 17.2 Å². The second-order valence-electron chi connectivity index (χ2n) is 5.50. The summed E-state index contributed by atoms with van der Waals surface area (Å²) in [6.45, 7) is 0. The number of carbonyl (C=O) groups excluding carboxylic acids is 1. The molecule has 1 fully saturated rings. The predicted octanol–water partition coefficient (Wildman–Crippen LogP) is 3.13. The van der Waals surface area contributed by atoms with Gasteiger partial charge in [0.2, 0.25) is 5.91 Å². The monoisotopic (exact) mass is 336 g/mol. The summed E-state index contributed by atoms with van der Waals surface area (Å²) in [5, 5.41) is 0. The molecule has 1 aliphatic rings. The summed E-state index contributed by atoms with van der Waals surface area (Å²) in [4.78, 5) is 13.4. The number of ether oxygens (including phenoxy) is 1. The Morgan fingerprint density at radius 3 is 2.50 bits per heavy atom. The van der Waals surface area contributed by atoms with E-state index in [9.17, 15) is 18.0 Å². The highest BCUT2D eigenvalue weighted by atomic mass is 19.4. The van der Waals surface area contributed by atoms with Crippen LogP contribution in [0.25, 0.3) is 0 Å². The Bertz CT molecular complexity index is 776. The van der Waals surface area contributed by atoms with E-state index < -0.39 is 29.7 Å². The fourth-order valence-electron chi connectivity index (χ4n) is 2.81. The summed E-state index contributed by atoms with van der Waals surface area (Å²) in [5.41, 5.74) is 5.96. The Morgan fingerprint density at radius 1 is 1.12 bits per heavy atom. The number of anilines is 1. The average Bonchev–Trinajstić information content (AvgIpc) is 2.58. The number of alkyl halides is 3. The quantitative estimate of drug-likeness (QED) is 0.876. The van der Waals surface area contributed by atoms with Crippen molar-refractivity contribution in [3.8, 4) is 5.75 Å². The van der Waals surface area contributed by atoms with Crippen LogP contribution in [-0.2, 0) is 11.0 Å². The second kappa shape index (κ2) is 5.83. The molecule has 2 atom stereocenters. The lowest BCUT2D eigenvalue weighted by Gasteiger charge is -2.45. The van der Waals surface area contributed by atoms with Gasteiger partial charge in [0, 0.05) is 5.69 Å². The number of benzene rings is 2. The van der Waals surface area contributed by atoms with E-state index in [4.69, 9.17) is 10.5 Å². The van der Waals surface area contributed by atoms with E-state index in [1.165, 1.54) is 24.1 Å². The third-order valence-corrected chi connectivity index (χ3v) is 4.03. The van der Waals surface area contributed by atoms with Crippen LogP contribution in [0.3, 0.4) is 0 Å². The number of amides is 1. The van der Waals surface area contributed by atoms with Crippen molar-refractivity contribution in [1.82, 2.24) is 0 Å². The number of β-lactam (4-membered cyclic amide) rings is 1. The van der Waals surface area contributed by atoms with E-state index in [2.05, 4.69) is 0 Å². The Kier molecular flexibility index (Phi) is 3.96. The molecule has 2 aromatic carbocycles. The lowest BCUT2D eigenvalue weighted by atomic mass is 9.88. The van der Waals surface area contributed by atoms with Crippen molar-refractivity contribution in [2.75, 3.05) is 12.0 Å². The van der Waals surface area contributed by atoms with Crippen molar-refractivity contribution in [3.05, 3.63) is 59.7 Å². The standard InChI is InChI=1S/C17H15F3N2O2/c1-24-13-7-2-4-10(8-13)15-14(21)16(23)22(15)12-6-3-5-11(9-12)17(18,19)20/h2-9,14-15H,21H2,1H3/t14-,15+/m0/s1. The number of carbonyl (C=O) groups is 1. The topological polar surface area (TPSA) is 55.6 Å². The van der Waals surface area contributed by atoms with Gasteiger partial charge in [-0.2, -0.15) is 13.2 Å². The van der Waals surface area contributed by atoms with E-state index in [0.29, 0.717) is 11.3 Å². The Morgan fingerprint density at radius 2 is 1.83 bits per heavy atom. The number of nitrogens with two attached hydrogens (primary N) is 1. The minimum Gasteiger partial charge on any atom is -0.497 e. The normalized spacial score (nSPS) is 20.7. The number of methoxy groups -OCH3 is 1. The van der Waals surface area contributed by atoms with Crippen LogP contribution >= 0.6 is 0 Å². The van der Waals surface area contributed by atoms with Crippen LogP contribution in [0.15, 0.2) is 48.5 Å². The summed E-state index contributed by atoms with van der Waals surface area (Å²) in [6, 6.07) is 10.3. The molecule has 0 radical (unpaired) electrons. The van der Waals surface area contributed by atoms with Crippen LogP contribution < -0.4 is 15.4 Å². The van der Waals surface area contributed by atoms with E-state index in [1.807, 2.05) is 0 Å². The largest absolute Gasteiger partial charge is 0.497 e. The molecule has 1 aliphatic heterocycles. The molecular weight excluding hydrogens is 321 g/mol. The van der Waals surface area contributed by atoms with E-state index >= 15 is 0 Å². The fourth-order valence-corrected chi connectivity index (χ4v) is 2.81. The van der Waals surface area contributed by atoms with Gasteiger partial charge < -0.3 is 15.4 Å². The lowest BCUT2D eigenvalue weighted by Crippen LogP contribution is -2.63. The lowest BCUT2D eigenvalue weighted by molar-refractivity contribution is -0.137. The summed E-state index contributed by atoms with van der Waals surface area (Å²) in [6.07, 6.45) is -4.47. The minimum atomic E-state index is -4.47. The molecule has 24 heavy (non-hydrogen) atoms. The van der Waals surface area contributed by atoms with Gasteiger partial charge >= 0.3 is 6.18 Å². The number of hydrogen-bond donors (Lipinski definition) is 1. The molecule has 2 aromatic rings. The molecule has 126 valence electrons. The van der Waals surface area contributed by atoms with Gasteiger partial charge in [-0.1, -0.05) is 18.2 Å². The molecule has 0 saturated carbocycles. The van der Waals surface area contributed by atoms with Gasteiger partial charge in [-0.3, -0.25) is 4.79 Å². The maximum absolute atomic E-state index is 12.9. The molecule has 1 amide bonds. The Balaban J connectivity index is 1.98. The maximum Gasteiger partial charge on any atom is 0.416 e. The molecule has 1 heterocycles. The van der Waals surface area contributed by atoms with E-state index in [1.54, 1.807) is 24.3 Å². The van der Waals surface area contributed by atoms with Crippen LogP contribution in [0.5, 0.6) is 5.75 Å². The summed E-state index contributed by atoms with van der Waals surface area (Å²) in [5.74, 6) is 0.171. The van der Waals surface area contributed by atoms with Crippen LogP contribution in [0.4, 0.5) is 18.9 Å². The third-order valence-electron chi connectivity index (χ3n) is 4.03. The first kappa shape index (κ1) is 16.3. The van der Waals surface area contributed by atoms with E-state index in [0.717, 1.165) is 12.1 Å². The molecule has 0 spiro atoms. The number of rotatable bonds is 3. The van der Waals surface area contributed by atoms with Gasteiger partial charge in [0.1, 0.15) is 11.8 Å². The van der Waals surface area contributed by atoms with Crippen molar-refractivity contribution in [2.45, 2.75) is 18.3 Å². The van der Waals surface area contributed by atoms with Crippen molar-refractivity contribution >= 4 is 11.6 Å². The zero-order valence-corrected chi connectivity index (χ0v) is 12.7. The molecule has 0 bridgehead atoms. The van der Waals surface area contributed by atoms with Crippen LogP contribution in [0, 0.1) is 0 Å². The Hall–Kier alpha value is -2.54. The average molecular weight is 336 g/mol. The maximum atomic E-state index is 12.9. The van der Waals surface area contributed by atoms with Crippen molar-refractivity contribution < 1.29 is 22.7 Å². The molecule has 0 aromatic heterocycles. The van der Waals surface area contributed by atoms with Gasteiger partial charge in [-0.05, 0) is 35.9 Å². The first-order valence-corrected chi connectivity index (χ1v) is 7.23. The predicted molar refractivity (Wildman–Crippen MR) is 82.6 cm³/mol. The van der Waals surface area contributed by atoms with E-state index in [-0.39, 0.29) is 5.69 Å².